The molecule has 0 aliphatic heterocycles. The molecule has 0 unspecified atom stereocenters. The Bertz CT molecular complexity index is 1480. The molecule has 0 bridgehead atoms. The summed E-state index contributed by atoms with van der Waals surface area (Å²) < 4.78 is 15.4. The van der Waals surface area contributed by atoms with Crippen LogP contribution in [0.5, 0.6) is 0 Å². The van der Waals surface area contributed by atoms with Gasteiger partial charge in [-0.3, -0.25) is 4.79 Å². The van der Waals surface area contributed by atoms with Gasteiger partial charge in [-0.05, 0) is 48.0 Å². The number of aromatic nitrogens is 4. The maximum Gasteiger partial charge on any atom is 0.227 e. The number of rotatable bonds is 6. The van der Waals surface area contributed by atoms with Crippen LogP contribution in [-0.4, -0.2) is 25.5 Å². The molecule has 5 rings (SSSR count). The third kappa shape index (κ3) is 4.27. The first kappa shape index (κ1) is 20.3. The smallest absolute Gasteiger partial charge is 0.227 e. The summed E-state index contributed by atoms with van der Waals surface area (Å²) in [4.78, 5) is 20.4. The average Bonchev–Trinajstić information content (AvgIpc) is 3.19. The fraction of sp³-hybridized carbons (Fsp3) is 0.0400. The molecular weight excluding hydrogens is 419 g/mol. The number of nitrogens with two attached hydrogens (primary N) is 1. The lowest BCUT2D eigenvalue weighted by atomic mass is 10.0. The van der Waals surface area contributed by atoms with Crippen molar-refractivity contribution in [2.45, 2.75) is 6.42 Å². The summed E-state index contributed by atoms with van der Waals surface area (Å²) in [6.07, 6.45) is 3.65. The lowest BCUT2D eigenvalue weighted by Gasteiger charge is -2.08. The number of anilines is 2. The summed E-state index contributed by atoms with van der Waals surface area (Å²) in [6, 6.07) is 21.3. The molecule has 0 saturated carbocycles. The molecule has 8 heteroatoms. The van der Waals surface area contributed by atoms with E-state index in [0.29, 0.717) is 23.0 Å². The Kier molecular flexibility index (Phi) is 5.24. The number of nitrogens with one attached hydrogen (secondary N) is 1. The van der Waals surface area contributed by atoms with Crippen molar-refractivity contribution in [2.75, 3.05) is 5.32 Å². The maximum absolute atomic E-state index is 13.6. The van der Waals surface area contributed by atoms with E-state index in [2.05, 4.69) is 15.3 Å². The van der Waals surface area contributed by atoms with Gasteiger partial charge in [0.15, 0.2) is 0 Å². The number of carbonyl (C=O) groups is 1. The summed E-state index contributed by atoms with van der Waals surface area (Å²) in [5.74, 6) is -0.412. The number of fused-ring (bicyclic) bond motifs is 1. The van der Waals surface area contributed by atoms with Crippen molar-refractivity contribution in [3.63, 3.8) is 0 Å². The van der Waals surface area contributed by atoms with Crippen molar-refractivity contribution in [2.24, 2.45) is 5.73 Å². The number of benzene rings is 2. The number of hydrogen-bond acceptors (Lipinski definition) is 5. The molecule has 0 atom stereocenters. The van der Waals surface area contributed by atoms with E-state index in [-0.39, 0.29) is 12.2 Å². The van der Waals surface area contributed by atoms with Crippen LogP contribution < -0.4 is 11.1 Å². The number of hydrogen-bond donors (Lipinski definition) is 2. The van der Waals surface area contributed by atoms with E-state index >= 15 is 0 Å². The Morgan fingerprint density at radius 1 is 1.03 bits per heavy atom. The molecular formula is C25H19FN6O. The molecule has 0 spiro atoms. The fourth-order valence-corrected chi connectivity index (χ4v) is 3.74. The van der Waals surface area contributed by atoms with E-state index in [9.17, 15) is 9.18 Å². The highest BCUT2D eigenvalue weighted by atomic mass is 19.1. The van der Waals surface area contributed by atoms with Crippen molar-refractivity contribution in [3.05, 3.63) is 96.6 Å². The van der Waals surface area contributed by atoms with Gasteiger partial charge in [0.25, 0.3) is 0 Å². The predicted octanol–water partition coefficient (Wildman–Crippen LogP) is 4.37. The zero-order valence-corrected chi connectivity index (χ0v) is 17.4. The first-order valence-corrected chi connectivity index (χ1v) is 10.3. The van der Waals surface area contributed by atoms with Crippen molar-refractivity contribution < 1.29 is 9.18 Å². The molecule has 0 aliphatic rings. The van der Waals surface area contributed by atoms with E-state index in [1.54, 1.807) is 28.9 Å². The van der Waals surface area contributed by atoms with Gasteiger partial charge < -0.3 is 11.1 Å². The van der Waals surface area contributed by atoms with Gasteiger partial charge in [-0.15, -0.1) is 0 Å². The number of halogens is 1. The van der Waals surface area contributed by atoms with Gasteiger partial charge in [0.05, 0.1) is 23.2 Å². The Balaban J connectivity index is 1.62. The van der Waals surface area contributed by atoms with Crippen molar-refractivity contribution in [1.82, 2.24) is 19.6 Å². The maximum atomic E-state index is 13.6. The van der Waals surface area contributed by atoms with Crippen LogP contribution in [0.4, 0.5) is 16.0 Å². The van der Waals surface area contributed by atoms with Gasteiger partial charge in [-0.1, -0.05) is 30.3 Å². The molecule has 0 saturated heterocycles. The molecule has 162 valence electrons. The molecule has 7 nitrogen and oxygen atoms in total. The monoisotopic (exact) mass is 438 g/mol. The van der Waals surface area contributed by atoms with Crippen molar-refractivity contribution in [3.8, 4) is 22.5 Å². The molecule has 1 amide bonds. The molecule has 2 aromatic carbocycles. The van der Waals surface area contributed by atoms with E-state index in [1.165, 1.54) is 12.1 Å². The second-order valence-corrected chi connectivity index (χ2v) is 7.50. The minimum atomic E-state index is -0.397. The number of nitrogens with zero attached hydrogens (tertiary/aromatic N) is 4. The van der Waals surface area contributed by atoms with Crippen LogP contribution in [0.1, 0.15) is 5.56 Å². The highest BCUT2D eigenvalue weighted by Crippen LogP contribution is 2.35. The molecule has 5 aromatic rings. The summed E-state index contributed by atoms with van der Waals surface area (Å²) in [5, 5.41) is 7.82. The number of primary amides is 1. The second-order valence-electron chi connectivity index (χ2n) is 7.50. The van der Waals surface area contributed by atoms with Gasteiger partial charge >= 0.3 is 0 Å². The Labute approximate surface area is 188 Å². The Morgan fingerprint density at radius 3 is 2.76 bits per heavy atom. The van der Waals surface area contributed by atoms with Crippen LogP contribution in [0.15, 0.2) is 85.2 Å². The highest BCUT2D eigenvalue weighted by molar-refractivity contribution is 5.91. The van der Waals surface area contributed by atoms with Crippen LogP contribution >= 0.6 is 0 Å². The van der Waals surface area contributed by atoms with E-state index in [0.717, 1.165) is 22.2 Å². The van der Waals surface area contributed by atoms with E-state index in [1.807, 2.05) is 48.7 Å². The van der Waals surface area contributed by atoms with Crippen LogP contribution in [0.3, 0.4) is 0 Å². The second kappa shape index (κ2) is 8.51. The van der Waals surface area contributed by atoms with Crippen LogP contribution in [0, 0.1) is 5.82 Å². The third-order valence-electron chi connectivity index (χ3n) is 5.11. The van der Waals surface area contributed by atoms with Gasteiger partial charge in [0, 0.05) is 23.6 Å². The summed E-state index contributed by atoms with van der Waals surface area (Å²) >= 11 is 0. The third-order valence-corrected chi connectivity index (χ3v) is 5.11. The highest BCUT2D eigenvalue weighted by Gasteiger charge is 2.18. The van der Waals surface area contributed by atoms with E-state index in [4.69, 9.17) is 10.8 Å². The summed E-state index contributed by atoms with van der Waals surface area (Å²) in [6.45, 7) is 0. The average molecular weight is 438 g/mol. The zero-order valence-electron chi connectivity index (χ0n) is 17.4. The largest absolute Gasteiger partial charge is 0.369 e. The summed E-state index contributed by atoms with van der Waals surface area (Å²) in [5.41, 5.74) is 10.6. The SMILES string of the molecule is NC(=O)Cc1cccc(-c2nn3ccccc3c2-c2ccnc(Nc3cccc(F)c3)n2)c1. The van der Waals surface area contributed by atoms with Crippen LogP contribution in [0.25, 0.3) is 28.0 Å². The van der Waals surface area contributed by atoms with Gasteiger partial charge in [-0.2, -0.15) is 5.10 Å². The molecule has 3 heterocycles. The minimum absolute atomic E-state index is 0.145. The van der Waals surface area contributed by atoms with Crippen LogP contribution in [-0.2, 0) is 11.2 Å². The lowest BCUT2D eigenvalue weighted by Crippen LogP contribution is -2.13. The van der Waals surface area contributed by atoms with Crippen molar-refractivity contribution in [1.29, 1.82) is 0 Å². The van der Waals surface area contributed by atoms with E-state index < -0.39 is 5.91 Å². The van der Waals surface area contributed by atoms with Gasteiger partial charge in [0.1, 0.15) is 11.5 Å². The molecule has 0 aliphatic carbocycles. The first-order valence-electron chi connectivity index (χ1n) is 10.3. The van der Waals surface area contributed by atoms with Gasteiger partial charge in [0.2, 0.25) is 11.9 Å². The molecule has 3 aromatic heterocycles. The predicted molar refractivity (Wildman–Crippen MR) is 124 cm³/mol. The topological polar surface area (TPSA) is 98.2 Å². The normalized spacial score (nSPS) is 10.9. The lowest BCUT2D eigenvalue weighted by molar-refractivity contribution is -0.117. The number of pyridine rings is 1. The molecule has 3 N–H and O–H groups in total. The Hall–Kier alpha value is -4.59. The zero-order chi connectivity index (χ0) is 22.8. The quantitative estimate of drug-likeness (QED) is 0.410. The minimum Gasteiger partial charge on any atom is -0.369 e. The molecule has 33 heavy (non-hydrogen) atoms. The standard InChI is InChI=1S/C25H19FN6O/c26-18-7-4-8-19(15-18)29-25-28-11-10-20(30-25)23-21-9-1-2-12-32(21)31-24(23)17-6-3-5-16(13-17)14-22(27)33/h1-13,15H,14H2,(H2,27,33)(H,28,29,30). The summed E-state index contributed by atoms with van der Waals surface area (Å²) in [7, 11) is 0. The first-order chi connectivity index (χ1) is 16.1. The van der Waals surface area contributed by atoms with Crippen molar-refractivity contribution >= 4 is 23.1 Å². The fourth-order valence-electron chi connectivity index (χ4n) is 3.74. The molecule has 0 radical (unpaired) electrons. The Morgan fingerprint density at radius 2 is 1.91 bits per heavy atom. The van der Waals surface area contributed by atoms with Gasteiger partial charge in [-0.25, -0.2) is 18.9 Å². The molecule has 0 fully saturated rings. The number of carbonyl (C=O) groups excluding carboxylic acids is 1. The number of amides is 1. The van der Waals surface area contributed by atoms with Crippen LogP contribution in [0.2, 0.25) is 0 Å².